The molecule has 2 rings (SSSR count). The van der Waals surface area contributed by atoms with Crippen LogP contribution >= 0.6 is 15.9 Å². The highest BCUT2D eigenvalue weighted by Crippen LogP contribution is 2.23. The summed E-state index contributed by atoms with van der Waals surface area (Å²) >= 11 is 3.47. The lowest BCUT2D eigenvalue weighted by atomic mass is 10.2. The van der Waals surface area contributed by atoms with Gasteiger partial charge in [0.2, 0.25) is 10.0 Å². The largest absolute Gasteiger partial charge is 0.263 e. The summed E-state index contributed by atoms with van der Waals surface area (Å²) in [5.74, 6) is 0. The van der Waals surface area contributed by atoms with Gasteiger partial charge in [0.05, 0.1) is 0 Å². The van der Waals surface area contributed by atoms with Crippen LogP contribution in [-0.2, 0) is 10.0 Å². The quantitative estimate of drug-likeness (QED) is 0.780. The van der Waals surface area contributed by atoms with Gasteiger partial charge in [-0.05, 0) is 25.0 Å². The van der Waals surface area contributed by atoms with E-state index in [-0.39, 0.29) is 9.72 Å². The van der Waals surface area contributed by atoms with Crippen LogP contribution in [0, 0.1) is 0 Å². The number of halogens is 1. The van der Waals surface area contributed by atoms with Crippen LogP contribution in [0.4, 0.5) is 0 Å². The van der Waals surface area contributed by atoms with E-state index < -0.39 is 10.0 Å². The Morgan fingerprint density at radius 1 is 1.50 bits per heavy atom. The molecule has 1 fully saturated rings. The molecule has 0 bridgehead atoms. The molecule has 6 heteroatoms. The molecule has 0 saturated carbocycles. The fourth-order valence-electron chi connectivity index (χ4n) is 1.76. The van der Waals surface area contributed by atoms with Crippen LogP contribution in [0.1, 0.15) is 12.8 Å². The van der Waals surface area contributed by atoms with E-state index in [1.807, 2.05) is 0 Å². The van der Waals surface area contributed by atoms with Crippen molar-refractivity contribution in [1.29, 1.82) is 0 Å². The first-order chi connectivity index (χ1) is 7.60. The highest BCUT2D eigenvalue weighted by atomic mass is 79.9. The summed E-state index contributed by atoms with van der Waals surface area (Å²) in [4.78, 5) is 4.38. The zero-order valence-corrected chi connectivity index (χ0v) is 11.1. The Morgan fingerprint density at radius 3 is 2.94 bits per heavy atom. The summed E-state index contributed by atoms with van der Waals surface area (Å²) in [5, 5.41) is 0. The molecule has 0 spiro atoms. The Labute approximate surface area is 104 Å². The van der Waals surface area contributed by atoms with E-state index >= 15 is 0 Å². The van der Waals surface area contributed by atoms with Crippen LogP contribution in [0.2, 0.25) is 0 Å². The van der Waals surface area contributed by atoms with Crippen LogP contribution in [0.25, 0.3) is 0 Å². The number of hydrogen-bond acceptors (Lipinski definition) is 3. The minimum absolute atomic E-state index is 0.257. The fourth-order valence-corrected chi connectivity index (χ4v) is 4.11. The predicted molar refractivity (Wildman–Crippen MR) is 64.9 cm³/mol. The van der Waals surface area contributed by atoms with Crippen molar-refractivity contribution in [2.24, 2.45) is 0 Å². The topological polar surface area (TPSA) is 50.3 Å². The predicted octanol–water partition coefficient (Wildman–Crippen LogP) is 1.63. The summed E-state index contributed by atoms with van der Waals surface area (Å²) in [5.41, 5.74) is 0. The summed E-state index contributed by atoms with van der Waals surface area (Å²) in [7, 11) is -3.35. The average molecular weight is 305 g/mol. The van der Waals surface area contributed by atoms with E-state index in [1.165, 1.54) is 10.5 Å². The molecular weight excluding hydrogens is 292 g/mol. The van der Waals surface area contributed by atoms with Gasteiger partial charge in [-0.1, -0.05) is 15.9 Å². The fraction of sp³-hybridized carbons (Fsp3) is 0.500. The smallest absolute Gasteiger partial charge is 0.244 e. The third kappa shape index (κ3) is 2.44. The Morgan fingerprint density at radius 2 is 2.31 bits per heavy atom. The molecule has 88 valence electrons. The molecule has 0 aliphatic carbocycles. The zero-order chi connectivity index (χ0) is 11.6. The first-order valence-electron chi connectivity index (χ1n) is 5.15. The number of pyridine rings is 1. The number of nitrogens with zero attached hydrogens (tertiary/aromatic N) is 2. The van der Waals surface area contributed by atoms with Gasteiger partial charge in [-0.15, -0.1) is 0 Å². The third-order valence-corrected chi connectivity index (χ3v) is 5.19. The number of aromatic nitrogens is 1. The van der Waals surface area contributed by atoms with Crippen molar-refractivity contribution in [3.63, 3.8) is 0 Å². The highest BCUT2D eigenvalue weighted by molar-refractivity contribution is 9.09. The highest BCUT2D eigenvalue weighted by Gasteiger charge is 2.29. The van der Waals surface area contributed by atoms with Crippen molar-refractivity contribution in [2.45, 2.75) is 22.6 Å². The van der Waals surface area contributed by atoms with Gasteiger partial charge < -0.3 is 0 Å². The third-order valence-electron chi connectivity index (χ3n) is 2.60. The molecule has 4 nitrogen and oxygen atoms in total. The van der Waals surface area contributed by atoms with Crippen LogP contribution in [0.15, 0.2) is 29.4 Å². The van der Waals surface area contributed by atoms with Crippen LogP contribution < -0.4 is 0 Å². The Kier molecular flexibility index (Phi) is 3.61. The molecule has 1 aromatic heterocycles. The first kappa shape index (κ1) is 12.0. The second kappa shape index (κ2) is 4.81. The standard InChI is InChI=1S/C10H13BrN2O2S/c11-9-3-2-6-13(8-9)16(14,15)10-4-1-5-12-7-10/h1,4-5,7,9H,2-3,6,8H2. The minimum Gasteiger partial charge on any atom is -0.263 e. The lowest BCUT2D eigenvalue weighted by molar-refractivity contribution is 0.356. The zero-order valence-electron chi connectivity index (χ0n) is 8.71. The Bertz CT molecular complexity index is 449. The van der Waals surface area contributed by atoms with Gasteiger partial charge in [0.25, 0.3) is 0 Å². The molecule has 1 aliphatic heterocycles. The summed E-state index contributed by atoms with van der Waals surface area (Å²) < 4.78 is 25.9. The van der Waals surface area contributed by atoms with Crippen LogP contribution in [0.3, 0.4) is 0 Å². The summed E-state index contributed by atoms with van der Waals surface area (Å²) in [6.45, 7) is 1.14. The Balaban J connectivity index is 2.26. The number of piperidine rings is 1. The average Bonchev–Trinajstić information content (AvgIpc) is 2.30. The number of alkyl halides is 1. The molecule has 0 N–H and O–H groups in total. The van der Waals surface area contributed by atoms with Crippen molar-refractivity contribution in [2.75, 3.05) is 13.1 Å². The second-order valence-corrected chi connectivity index (χ2v) is 7.02. The molecule has 0 radical (unpaired) electrons. The van der Waals surface area contributed by atoms with Gasteiger partial charge in [0.15, 0.2) is 0 Å². The van der Waals surface area contributed by atoms with E-state index in [0.717, 1.165) is 12.8 Å². The molecule has 1 saturated heterocycles. The van der Waals surface area contributed by atoms with Crippen LogP contribution in [0.5, 0.6) is 0 Å². The maximum Gasteiger partial charge on any atom is 0.244 e. The lowest BCUT2D eigenvalue weighted by Gasteiger charge is -2.28. The van der Waals surface area contributed by atoms with Crippen molar-refractivity contribution >= 4 is 26.0 Å². The normalized spacial score (nSPS) is 23.2. The molecule has 1 unspecified atom stereocenters. The van der Waals surface area contributed by atoms with Gasteiger partial charge in [-0.3, -0.25) is 4.98 Å². The SMILES string of the molecule is O=S(=O)(c1cccnc1)N1CCCC(Br)C1. The van der Waals surface area contributed by atoms with Crippen molar-refractivity contribution in [1.82, 2.24) is 9.29 Å². The molecule has 1 aromatic rings. The summed E-state index contributed by atoms with van der Waals surface area (Å²) in [6.07, 6.45) is 4.89. The Hall–Kier alpha value is -0.460. The van der Waals surface area contributed by atoms with Crippen molar-refractivity contribution < 1.29 is 8.42 Å². The maximum absolute atomic E-state index is 12.2. The van der Waals surface area contributed by atoms with Gasteiger partial charge in [0.1, 0.15) is 4.90 Å². The molecule has 16 heavy (non-hydrogen) atoms. The molecular formula is C10H13BrN2O2S. The second-order valence-electron chi connectivity index (χ2n) is 3.79. The molecule has 0 amide bonds. The van der Waals surface area contributed by atoms with Gasteiger partial charge >= 0.3 is 0 Å². The van der Waals surface area contributed by atoms with Crippen LogP contribution in [-0.4, -0.2) is 35.6 Å². The summed E-state index contributed by atoms with van der Waals surface area (Å²) in [6, 6.07) is 3.22. The van der Waals surface area contributed by atoms with Crippen molar-refractivity contribution in [3.05, 3.63) is 24.5 Å². The number of sulfonamides is 1. The molecule has 0 aromatic carbocycles. The molecule has 1 atom stereocenters. The first-order valence-corrected chi connectivity index (χ1v) is 7.50. The molecule has 1 aliphatic rings. The van der Waals surface area contributed by atoms with Gasteiger partial charge in [-0.2, -0.15) is 4.31 Å². The van der Waals surface area contributed by atoms with E-state index in [0.29, 0.717) is 13.1 Å². The van der Waals surface area contributed by atoms with E-state index in [1.54, 1.807) is 18.3 Å². The van der Waals surface area contributed by atoms with E-state index in [9.17, 15) is 8.42 Å². The minimum atomic E-state index is -3.35. The van der Waals surface area contributed by atoms with Gasteiger partial charge in [0, 0.05) is 30.3 Å². The van der Waals surface area contributed by atoms with E-state index in [4.69, 9.17) is 0 Å². The number of hydrogen-bond donors (Lipinski definition) is 0. The number of rotatable bonds is 2. The maximum atomic E-state index is 12.2. The van der Waals surface area contributed by atoms with E-state index in [2.05, 4.69) is 20.9 Å². The monoisotopic (exact) mass is 304 g/mol. The molecule has 2 heterocycles. The lowest BCUT2D eigenvalue weighted by Crippen LogP contribution is -2.40. The van der Waals surface area contributed by atoms with Crippen molar-refractivity contribution in [3.8, 4) is 0 Å². The van der Waals surface area contributed by atoms with Gasteiger partial charge in [-0.25, -0.2) is 8.42 Å².